The summed E-state index contributed by atoms with van der Waals surface area (Å²) in [7, 11) is 0. The molecule has 0 rings (SSSR count). The lowest BCUT2D eigenvalue weighted by Gasteiger charge is -1.86. The molecule has 2 heteroatoms. The highest BCUT2D eigenvalue weighted by atomic mass is 79.9. The van der Waals surface area contributed by atoms with Gasteiger partial charge in [0.05, 0.1) is 0 Å². The first kappa shape index (κ1) is 11.7. The Balaban J connectivity index is 0. The van der Waals surface area contributed by atoms with Crippen molar-refractivity contribution in [3.05, 3.63) is 12.7 Å². The highest BCUT2D eigenvalue weighted by Crippen LogP contribution is 1.93. The second-order valence-corrected chi connectivity index (χ2v) is 3.49. The molecular weight excluding hydrogens is 176 g/mol. The Morgan fingerprint density at radius 2 is 2.25 bits per heavy atom. The Hall–Kier alpha value is 0.986. The summed E-state index contributed by atoms with van der Waals surface area (Å²) >= 11 is 0.346. The maximum Gasteiger partial charge on any atom is 0.360 e. The Labute approximate surface area is 72.2 Å². The van der Waals surface area contributed by atoms with Crippen LogP contribution in [0.3, 0.4) is 0 Å². The summed E-state index contributed by atoms with van der Waals surface area (Å²) in [5.74, 6) is 0. The van der Waals surface area contributed by atoms with Crippen molar-refractivity contribution in [2.45, 2.75) is 22.4 Å². The van der Waals surface area contributed by atoms with Crippen LogP contribution in [-0.2, 0) is 0 Å². The minimum Gasteiger partial charge on any atom is -0.157 e. The van der Waals surface area contributed by atoms with Crippen LogP contribution >= 0.6 is 17.0 Å². The number of unbranched alkanes of at least 4 members (excludes halogenated alkanes) is 1. The smallest absolute Gasteiger partial charge is 0.157 e. The summed E-state index contributed by atoms with van der Waals surface area (Å²) in [5.41, 5.74) is 0. The third-order valence-electron chi connectivity index (χ3n) is 1.01. The summed E-state index contributed by atoms with van der Waals surface area (Å²) in [6.07, 6.45) is 4.61. The van der Waals surface area contributed by atoms with E-state index in [-0.39, 0.29) is 17.0 Å². The quantitative estimate of drug-likeness (QED) is 0.362. The monoisotopic (exact) mass is 188 g/mol. The molecule has 0 aliphatic carbocycles. The molecule has 0 radical (unpaired) electrons. The molecule has 0 amide bonds. The molecule has 8 heavy (non-hydrogen) atoms. The van der Waals surface area contributed by atoms with Gasteiger partial charge in [0.15, 0.2) is 0 Å². The van der Waals surface area contributed by atoms with Crippen LogP contribution in [0.1, 0.15) is 12.8 Å². The molecule has 0 bridgehead atoms. The van der Waals surface area contributed by atoms with Gasteiger partial charge in [0.25, 0.3) is 0 Å². The van der Waals surface area contributed by atoms with Gasteiger partial charge in [0, 0.05) is 0 Å². The van der Waals surface area contributed by atoms with E-state index in [1.807, 2.05) is 6.08 Å². The van der Waals surface area contributed by atoms with E-state index < -0.39 is 0 Å². The fourth-order valence-electron chi connectivity index (χ4n) is 0.539. The maximum absolute atomic E-state index is 3.65. The molecule has 0 nitrogen and oxygen atoms in total. The first-order valence-electron chi connectivity index (χ1n) is 3.02. The van der Waals surface area contributed by atoms with Crippen molar-refractivity contribution in [2.75, 3.05) is 0 Å². The third-order valence-corrected chi connectivity index (χ3v) is 2.22. The molecule has 0 fully saturated rings. The van der Waals surface area contributed by atoms with E-state index >= 15 is 0 Å². The molecule has 46 valence electrons. The Bertz CT molecular complexity index is 45.8. The van der Waals surface area contributed by atoms with Crippen LogP contribution in [0.5, 0.6) is 0 Å². The van der Waals surface area contributed by atoms with Crippen molar-refractivity contribution >= 4 is 37.3 Å². The Morgan fingerprint density at radius 1 is 1.62 bits per heavy atom. The van der Waals surface area contributed by atoms with Gasteiger partial charge in [-0.25, -0.2) is 0 Å². The van der Waals surface area contributed by atoms with E-state index in [4.69, 9.17) is 0 Å². The lowest BCUT2D eigenvalue weighted by molar-refractivity contribution is 0.953. The maximum atomic E-state index is 3.65. The van der Waals surface area contributed by atoms with E-state index in [2.05, 4.69) is 11.6 Å². The predicted octanol–water partition coefficient (Wildman–Crippen LogP) is 2.70. The zero-order chi connectivity index (χ0) is 5.54. The van der Waals surface area contributed by atoms with Gasteiger partial charge in [-0.2, -0.15) is 5.05 Å². The predicted molar refractivity (Wildman–Crippen MR) is 46.2 cm³/mol. The molecule has 0 aromatic heterocycles. The standard InChI is InChI=1S/C5H9.CH3.BrH.Mg/c1-3-5-4-2;;;/h3H,1-2,4-5H2;1H3;1H;. The largest absolute Gasteiger partial charge is 0.360 e. The fraction of sp³-hybridized carbons (Fsp3) is 0.667. The van der Waals surface area contributed by atoms with Crippen LogP contribution in [0.25, 0.3) is 0 Å². The van der Waals surface area contributed by atoms with Crippen molar-refractivity contribution in [1.82, 2.24) is 0 Å². The molecule has 0 aromatic carbocycles. The third kappa shape index (κ3) is 10.1. The topological polar surface area (TPSA) is 0 Å². The summed E-state index contributed by atoms with van der Waals surface area (Å²) in [6, 6.07) is 0. The van der Waals surface area contributed by atoms with Crippen LogP contribution in [0.4, 0.5) is 0 Å². The number of hydrogen-bond acceptors (Lipinski definition) is 0. The van der Waals surface area contributed by atoms with Crippen LogP contribution in [0.2, 0.25) is 9.60 Å². The zero-order valence-electron chi connectivity index (χ0n) is 5.52. The van der Waals surface area contributed by atoms with Crippen molar-refractivity contribution in [3.8, 4) is 0 Å². The van der Waals surface area contributed by atoms with Crippen molar-refractivity contribution in [2.24, 2.45) is 0 Å². The van der Waals surface area contributed by atoms with Gasteiger partial charge in [-0.3, -0.25) is 0 Å². The Morgan fingerprint density at radius 3 is 2.62 bits per heavy atom. The molecule has 0 unspecified atom stereocenters. The van der Waals surface area contributed by atoms with E-state index in [1.54, 1.807) is 0 Å². The summed E-state index contributed by atoms with van der Waals surface area (Å²) in [6.45, 7) is 3.65. The molecule has 0 N–H and O–H groups in total. The van der Waals surface area contributed by atoms with Gasteiger partial charge >= 0.3 is 20.4 Å². The van der Waals surface area contributed by atoms with Crippen LogP contribution < -0.4 is 0 Å². The summed E-state index contributed by atoms with van der Waals surface area (Å²) < 4.78 is 1.49. The van der Waals surface area contributed by atoms with Gasteiger partial charge < -0.3 is 0 Å². The zero-order valence-corrected chi connectivity index (χ0v) is 8.65. The molecule has 0 spiro atoms. The normalized spacial score (nSPS) is 6.62. The van der Waals surface area contributed by atoms with Crippen molar-refractivity contribution in [1.29, 1.82) is 0 Å². The Kier molecular flexibility index (Phi) is 16.0. The second kappa shape index (κ2) is 10.9. The van der Waals surface area contributed by atoms with Gasteiger partial charge in [-0.15, -0.1) is 28.1 Å². The number of allylic oxidation sites excluding steroid dienone is 1. The summed E-state index contributed by atoms with van der Waals surface area (Å²) in [4.78, 5) is 0. The lowest BCUT2D eigenvalue weighted by atomic mass is 10.3. The van der Waals surface area contributed by atoms with Gasteiger partial charge in [-0.05, 0) is 6.42 Å². The molecule has 0 aliphatic rings. The van der Waals surface area contributed by atoms with Crippen LogP contribution in [0, 0.1) is 0 Å². The average molecular weight is 189 g/mol. The van der Waals surface area contributed by atoms with E-state index in [9.17, 15) is 0 Å². The molecule has 0 atom stereocenters. The molecule has 0 saturated heterocycles. The molecular formula is C6H13BrMg. The number of rotatable bonds is 4. The fourth-order valence-corrected chi connectivity index (χ4v) is 1.33. The molecule has 0 saturated carbocycles. The van der Waals surface area contributed by atoms with Gasteiger partial charge in [0.1, 0.15) is 0 Å². The van der Waals surface area contributed by atoms with Crippen LogP contribution in [0.15, 0.2) is 12.7 Å². The van der Waals surface area contributed by atoms with Gasteiger partial charge in [0.2, 0.25) is 0 Å². The molecule has 0 aromatic rings. The van der Waals surface area contributed by atoms with Crippen LogP contribution in [-0.4, -0.2) is 20.4 Å². The summed E-state index contributed by atoms with van der Waals surface area (Å²) in [5, 5.41) is 2.35. The number of hydrogen-bond donors (Lipinski definition) is 0. The lowest BCUT2D eigenvalue weighted by Crippen LogP contribution is -1.77. The van der Waals surface area contributed by atoms with Crippen molar-refractivity contribution < 1.29 is 0 Å². The van der Waals surface area contributed by atoms with E-state index in [0.717, 1.165) is 0 Å². The van der Waals surface area contributed by atoms with E-state index in [1.165, 1.54) is 17.4 Å². The highest BCUT2D eigenvalue weighted by molar-refractivity contribution is 8.93. The first-order valence-corrected chi connectivity index (χ1v) is 5.44. The van der Waals surface area contributed by atoms with Crippen molar-refractivity contribution in [3.63, 3.8) is 0 Å². The second-order valence-electron chi connectivity index (χ2n) is 1.78. The first-order chi connectivity index (χ1) is 3.41. The minimum absolute atomic E-state index is 0. The molecule has 0 heterocycles. The van der Waals surface area contributed by atoms with Gasteiger partial charge in [-0.1, -0.05) is 12.5 Å². The minimum atomic E-state index is 0. The molecule has 0 aliphatic heterocycles. The number of halogens is 1. The highest BCUT2D eigenvalue weighted by Gasteiger charge is 1.82. The van der Waals surface area contributed by atoms with E-state index in [0.29, 0.717) is 20.4 Å². The SMILES string of the molecule is Br.C=CCC[CH2][Mg][CH3]. The average Bonchev–Trinajstić information content (AvgIpc) is 1.69.